The van der Waals surface area contributed by atoms with Crippen molar-refractivity contribution < 1.29 is 14.7 Å². The van der Waals surface area contributed by atoms with Gasteiger partial charge in [-0.15, -0.1) is 11.8 Å². The second kappa shape index (κ2) is 6.61. The van der Waals surface area contributed by atoms with Gasteiger partial charge >= 0.3 is 5.97 Å². The van der Waals surface area contributed by atoms with E-state index in [2.05, 4.69) is 6.08 Å². The fourth-order valence-corrected chi connectivity index (χ4v) is 3.08. The molecule has 0 heterocycles. The van der Waals surface area contributed by atoms with E-state index < -0.39 is 5.97 Å². The topological polar surface area (TPSA) is 57.6 Å². The van der Waals surface area contributed by atoms with Crippen LogP contribution >= 0.6 is 11.8 Å². The Kier molecular flexibility index (Phi) is 4.84. The molecule has 1 aromatic rings. The van der Waals surface area contributed by atoms with Gasteiger partial charge < -0.3 is 10.0 Å². The minimum atomic E-state index is -0.965. The zero-order valence-electron chi connectivity index (χ0n) is 11.3. The fraction of sp³-hybridized carbons (Fsp3) is 0.333. The van der Waals surface area contributed by atoms with Crippen LogP contribution in [-0.4, -0.2) is 34.7 Å². The maximum atomic E-state index is 12.1. The first-order valence-electron chi connectivity index (χ1n) is 6.50. The smallest absolute Gasteiger partial charge is 0.336 e. The van der Waals surface area contributed by atoms with E-state index in [-0.39, 0.29) is 17.2 Å². The zero-order chi connectivity index (χ0) is 14.5. The highest BCUT2D eigenvalue weighted by atomic mass is 32.2. The van der Waals surface area contributed by atoms with Gasteiger partial charge in [0.2, 0.25) is 5.91 Å². The highest BCUT2D eigenvalue weighted by molar-refractivity contribution is 8.00. The van der Waals surface area contributed by atoms with Crippen LogP contribution in [0.5, 0.6) is 0 Å². The van der Waals surface area contributed by atoms with Gasteiger partial charge in [0.15, 0.2) is 0 Å². The number of carboxylic acid groups (broad SMARTS) is 1. The quantitative estimate of drug-likeness (QED) is 0.847. The molecule has 20 heavy (non-hydrogen) atoms. The molecule has 1 aliphatic rings. The van der Waals surface area contributed by atoms with E-state index in [0.29, 0.717) is 4.90 Å². The number of carbonyl (C=O) groups excluding carboxylic acids is 1. The average Bonchev–Trinajstić information content (AvgIpc) is 2.98. The Morgan fingerprint density at radius 3 is 2.75 bits per heavy atom. The zero-order valence-corrected chi connectivity index (χ0v) is 12.2. The Labute approximate surface area is 122 Å². The summed E-state index contributed by atoms with van der Waals surface area (Å²) in [6, 6.07) is 6.75. The monoisotopic (exact) mass is 291 g/mol. The van der Waals surface area contributed by atoms with Gasteiger partial charge in [-0.3, -0.25) is 4.79 Å². The number of hydrogen-bond acceptors (Lipinski definition) is 3. The summed E-state index contributed by atoms with van der Waals surface area (Å²) < 4.78 is 0. The van der Waals surface area contributed by atoms with Crippen LogP contribution in [0.15, 0.2) is 40.9 Å². The molecule has 4 nitrogen and oxygen atoms in total. The van der Waals surface area contributed by atoms with Gasteiger partial charge in [-0.25, -0.2) is 4.79 Å². The van der Waals surface area contributed by atoms with Crippen molar-refractivity contribution in [2.75, 3.05) is 12.8 Å². The van der Waals surface area contributed by atoms with E-state index in [9.17, 15) is 9.59 Å². The van der Waals surface area contributed by atoms with Crippen LogP contribution in [0.4, 0.5) is 0 Å². The third-order valence-electron chi connectivity index (χ3n) is 3.29. The number of carbonyl (C=O) groups is 2. The lowest BCUT2D eigenvalue weighted by molar-refractivity contribution is -0.125. The van der Waals surface area contributed by atoms with Crippen molar-refractivity contribution in [1.82, 2.24) is 4.90 Å². The Morgan fingerprint density at radius 2 is 2.10 bits per heavy atom. The van der Waals surface area contributed by atoms with Crippen molar-refractivity contribution in [1.29, 1.82) is 0 Å². The Balaban J connectivity index is 1.98. The van der Waals surface area contributed by atoms with E-state index >= 15 is 0 Å². The van der Waals surface area contributed by atoms with Gasteiger partial charge in [0.05, 0.1) is 11.3 Å². The molecule has 106 valence electrons. The number of allylic oxidation sites excluding steroid dienone is 2. The fourth-order valence-electron chi connectivity index (χ4n) is 2.12. The summed E-state index contributed by atoms with van der Waals surface area (Å²) in [5.74, 6) is -0.714. The van der Waals surface area contributed by atoms with E-state index in [4.69, 9.17) is 5.11 Å². The van der Waals surface area contributed by atoms with E-state index in [1.165, 1.54) is 11.8 Å². The molecule has 1 aliphatic carbocycles. The molecule has 1 aromatic carbocycles. The Bertz CT molecular complexity index is 554. The third-order valence-corrected chi connectivity index (χ3v) is 4.35. The minimum Gasteiger partial charge on any atom is -0.478 e. The van der Waals surface area contributed by atoms with Crippen molar-refractivity contribution in [3.8, 4) is 0 Å². The predicted octanol–water partition coefficient (Wildman–Crippen LogP) is 3.00. The Hall–Kier alpha value is -1.75. The third kappa shape index (κ3) is 3.42. The van der Waals surface area contributed by atoms with Crippen LogP contribution in [0.3, 0.4) is 0 Å². The van der Waals surface area contributed by atoms with E-state index in [1.54, 1.807) is 36.2 Å². The highest BCUT2D eigenvalue weighted by Gasteiger charge is 2.17. The lowest BCUT2D eigenvalue weighted by Crippen LogP contribution is -2.27. The van der Waals surface area contributed by atoms with Gasteiger partial charge in [-0.1, -0.05) is 18.2 Å². The SMILES string of the molecule is CN(C(=O)CSc1ccccc1C(=O)O)C1=CCCC1. The van der Waals surface area contributed by atoms with Gasteiger partial charge in [-0.2, -0.15) is 0 Å². The Morgan fingerprint density at radius 1 is 1.35 bits per heavy atom. The molecule has 0 radical (unpaired) electrons. The summed E-state index contributed by atoms with van der Waals surface area (Å²) in [6.45, 7) is 0. The molecule has 2 rings (SSSR count). The van der Waals surface area contributed by atoms with Crippen molar-refractivity contribution >= 4 is 23.6 Å². The highest BCUT2D eigenvalue weighted by Crippen LogP contribution is 2.25. The number of hydrogen-bond donors (Lipinski definition) is 1. The number of nitrogens with zero attached hydrogens (tertiary/aromatic N) is 1. The molecule has 1 N–H and O–H groups in total. The minimum absolute atomic E-state index is 0.00309. The molecular formula is C15H17NO3S. The molecule has 0 fully saturated rings. The summed E-state index contributed by atoms with van der Waals surface area (Å²) in [6.07, 6.45) is 5.16. The predicted molar refractivity (Wildman–Crippen MR) is 78.8 cm³/mol. The maximum absolute atomic E-state index is 12.1. The van der Waals surface area contributed by atoms with Crippen LogP contribution < -0.4 is 0 Å². The molecule has 0 saturated carbocycles. The molecule has 0 aromatic heterocycles. The van der Waals surface area contributed by atoms with E-state index in [0.717, 1.165) is 25.0 Å². The second-order valence-corrected chi connectivity index (χ2v) is 5.65. The van der Waals surface area contributed by atoms with Crippen LogP contribution in [0.25, 0.3) is 0 Å². The number of rotatable bonds is 5. The summed E-state index contributed by atoms with van der Waals surface area (Å²) in [5.41, 5.74) is 1.31. The first-order valence-corrected chi connectivity index (χ1v) is 7.49. The lowest BCUT2D eigenvalue weighted by Gasteiger charge is -2.18. The van der Waals surface area contributed by atoms with E-state index in [1.807, 2.05) is 0 Å². The standard InChI is InChI=1S/C15H17NO3S/c1-16(11-6-2-3-7-11)14(17)10-20-13-9-5-4-8-12(13)15(18)19/h4-6,8-9H,2-3,7,10H2,1H3,(H,18,19). The van der Waals surface area contributed by atoms with Crippen molar-refractivity contribution in [2.24, 2.45) is 0 Å². The van der Waals surface area contributed by atoms with Gasteiger partial charge in [0.25, 0.3) is 0 Å². The lowest BCUT2D eigenvalue weighted by atomic mass is 10.2. The number of amides is 1. The van der Waals surface area contributed by atoms with Crippen LogP contribution in [0, 0.1) is 0 Å². The number of aromatic carboxylic acids is 1. The first kappa shape index (κ1) is 14.7. The molecule has 0 unspecified atom stereocenters. The molecule has 1 amide bonds. The number of thioether (sulfide) groups is 1. The summed E-state index contributed by atoms with van der Waals surface area (Å²) >= 11 is 1.27. The van der Waals surface area contributed by atoms with Crippen molar-refractivity contribution in [3.05, 3.63) is 41.6 Å². The summed E-state index contributed by atoms with van der Waals surface area (Å²) in [7, 11) is 1.78. The molecular weight excluding hydrogens is 274 g/mol. The van der Waals surface area contributed by atoms with Crippen molar-refractivity contribution in [3.63, 3.8) is 0 Å². The normalized spacial score (nSPS) is 13.9. The number of carboxylic acids is 1. The average molecular weight is 291 g/mol. The molecule has 0 spiro atoms. The summed E-state index contributed by atoms with van der Waals surface area (Å²) in [4.78, 5) is 25.5. The van der Waals surface area contributed by atoms with Gasteiger partial charge in [0, 0.05) is 17.6 Å². The summed E-state index contributed by atoms with van der Waals surface area (Å²) in [5, 5.41) is 9.09. The van der Waals surface area contributed by atoms with Gasteiger partial charge in [0.1, 0.15) is 0 Å². The van der Waals surface area contributed by atoms with Crippen LogP contribution in [0.2, 0.25) is 0 Å². The molecule has 0 aliphatic heterocycles. The first-order chi connectivity index (χ1) is 9.59. The van der Waals surface area contributed by atoms with Gasteiger partial charge in [-0.05, 0) is 31.4 Å². The molecule has 0 atom stereocenters. The van der Waals surface area contributed by atoms with Crippen LogP contribution in [0.1, 0.15) is 29.6 Å². The van der Waals surface area contributed by atoms with Crippen LogP contribution in [-0.2, 0) is 4.79 Å². The maximum Gasteiger partial charge on any atom is 0.336 e. The largest absolute Gasteiger partial charge is 0.478 e. The number of benzene rings is 1. The second-order valence-electron chi connectivity index (χ2n) is 4.63. The molecule has 5 heteroatoms. The molecule has 0 bridgehead atoms. The van der Waals surface area contributed by atoms with Crippen molar-refractivity contribution in [2.45, 2.75) is 24.2 Å². The molecule has 0 saturated heterocycles.